The van der Waals surface area contributed by atoms with Gasteiger partial charge >= 0.3 is 0 Å². The van der Waals surface area contributed by atoms with Crippen LogP contribution < -0.4 is 0 Å². The van der Waals surface area contributed by atoms with Gasteiger partial charge in [0.15, 0.2) is 0 Å². The molecule has 0 amide bonds. The molecular formula is C13H16Br2FN. The van der Waals surface area contributed by atoms with E-state index in [1.165, 1.54) is 18.9 Å². The van der Waals surface area contributed by atoms with Gasteiger partial charge in [-0.25, -0.2) is 4.39 Å². The molecule has 4 heteroatoms. The van der Waals surface area contributed by atoms with E-state index in [0.717, 1.165) is 40.9 Å². The summed E-state index contributed by atoms with van der Waals surface area (Å²) in [6, 6.07) is 5.16. The Balaban J connectivity index is 1.95. The fourth-order valence-corrected chi connectivity index (χ4v) is 3.41. The van der Waals surface area contributed by atoms with E-state index in [-0.39, 0.29) is 5.82 Å². The van der Waals surface area contributed by atoms with Crippen molar-refractivity contribution >= 4 is 31.9 Å². The maximum absolute atomic E-state index is 13.6. The molecule has 1 heterocycles. The van der Waals surface area contributed by atoms with Crippen LogP contribution in [0.1, 0.15) is 18.4 Å². The van der Waals surface area contributed by atoms with Crippen molar-refractivity contribution in [3.63, 3.8) is 0 Å². The summed E-state index contributed by atoms with van der Waals surface area (Å²) in [5, 5.41) is 1.07. The smallest absolute Gasteiger partial charge is 0.127 e. The van der Waals surface area contributed by atoms with Crippen LogP contribution in [0.4, 0.5) is 4.39 Å². The topological polar surface area (TPSA) is 3.24 Å². The van der Waals surface area contributed by atoms with E-state index in [4.69, 9.17) is 0 Å². The second kappa shape index (κ2) is 6.30. The molecule has 0 radical (unpaired) electrons. The SMILES string of the molecule is Fc1ccc(Br)cc1CN1CCC(CCBr)C1. The minimum absolute atomic E-state index is 0.0999. The molecule has 94 valence electrons. The summed E-state index contributed by atoms with van der Waals surface area (Å²) in [7, 11) is 0. The molecular weight excluding hydrogens is 349 g/mol. The predicted molar refractivity (Wildman–Crippen MR) is 75.9 cm³/mol. The van der Waals surface area contributed by atoms with Crippen LogP contribution in [-0.2, 0) is 6.54 Å². The lowest BCUT2D eigenvalue weighted by Gasteiger charge is -2.16. The maximum atomic E-state index is 13.6. The van der Waals surface area contributed by atoms with E-state index in [0.29, 0.717) is 0 Å². The van der Waals surface area contributed by atoms with Gasteiger partial charge in [-0.1, -0.05) is 31.9 Å². The Labute approximate surface area is 119 Å². The van der Waals surface area contributed by atoms with Crippen molar-refractivity contribution in [3.8, 4) is 0 Å². The molecule has 1 nitrogen and oxygen atoms in total. The third-order valence-electron chi connectivity index (χ3n) is 3.29. The fourth-order valence-electron chi connectivity index (χ4n) is 2.35. The van der Waals surface area contributed by atoms with Gasteiger partial charge in [-0.15, -0.1) is 0 Å². The minimum atomic E-state index is -0.0999. The normalized spacial score (nSPS) is 21.0. The molecule has 1 aromatic carbocycles. The average molecular weight is 365 g/mol. The number of hydrogen-bond donors (Lipinski definition) is 0. The Morgan fingerprint density at radius 2 is 2.24 bits per heavy atom. The highest BCUT2D eigenvalue weighted by molar-refractivity contribution is 9.10. The first-order valence-corrected chi connectivity index (χ1v) is 7.82. The van der Waals surface area contributed by atoms with E-state index < -0.39 is 0 Å². The first kappa shape index (κ1) is 13.5. The monoisotopic (exact) mass is 363 g/mol. The molecule has 1 atom stereocenters. The molecule has 1 aliphatic heterocycles. The summed E-state index contributed by atoms with van der Waals surface area (Å²) in [5.41, 5.74) is 0.791. The Bertz CT molecular complexity index is 384. The first-order chi connectivity index (χ1) is 8.19. The van der Waals surface area contributed by atoms with Gasteiger partial charge in [0.05, 0.1) is 0 Å². The first-order valence-electron chi connectivity index (χ1n) is 5.91. The summed E-state index contributed by atoms with van der Waals surface area (Å²) in [6.45, 7) is 2.91. The molecule has 0 aliphatic carbocycles. The highest BCUT2D eigenvalue weighted by Crippen LogP contribution is 2.24. The summed E-state index contributed by atoms with van der Waals surface area (Å²) in [6.07, 6.45) is 2.46. The summed E-state index contributed by atoms with van der Waals surface area (Å²) in [5.74, 6) is 0.668. The zero-order valence-corrected chi connectivity index (χ0v) is 12.8. The molecule has 1 unspecified atom stereocenters. The van der Waals surface area contributed by atoms with Crippen LogP contribution in [0.3, 0.4) is 0 Å². The lowest BCUT2D eigenvalue weighted by atomic mass is 10.1. The van der Waals surface area contributed by atoms with Crippen LogP contribution in [0.5, 0.6) is 0 Å². The van der Waals surface area contributed by atoms with E-state index >= 15 is 0 Å². The van der Waals surface area contributed by atoms with Crippen LogP contribution in [0, 0.1) is 11.7 Å². The summed E-state index contributed by atoms with van der Waals surface area (Å²) in [4.78, 5) is 2.35. The third kappa shape index (κ3) is 3.76. The zero-order chi connectivity index (χ0) is 12.3. The van der Waals surface area contributed by atoms with Gasteiger partial charge in [-0.05, 0) is 43.5 Å². The van der Waals surface area contributed by atoms with Crippen LogP contribution in [0.2, 0.25) is 0 Å². The van der Waals surface area contributed by atoms with Crippen LogP contribution >= 0.6 is 31.9 Å². The fraction of sp³-hybridized carbons (Fsp3) is 0.538. The highest BCUT2D eigenvalue weighted by Gasteiger charge is 2.22. The molecule has 1 aromatic rings. The molecule has 1 saturated heterocycles. The largest absolute Gasteiger partial charge is 0.299 e. The van der Waals surface area contributed by atoms with Crippen LogP contribution in [0.25, 0.3) is 0 Å². The molecule has 17 heavy (non-hydrogen) atoms. The number of benzene rings is 1. The van der Waals surface area contributed by atoms with Crippen molar-refractivity contribution < 1.29 is 4.39 Å². The second-order valence-electron chi connectivity index (χ2n) is 4.60. The number of halogens is 3. The van der Waals surface area contributed by atoms with Gasteiger partial charge in [0.25, 0.3) is 0 Å². The Morgan fingerprint density at radius 1 is 1.41 bits per heavy atom. The highest BCUT2D eigenvalue weighted by atomic mass is 79.9. The molecule has 0 N–H and O–H groups in total. The average Bonchev–Trinajstić information content (AvgIpc) is 2.72. The van der Waals surface area contributed by atoms with Crippen LogP contribution in [-0.4, -0.2) is 23.3 Å². The van der Waals surface area contributed by atoms with Gasteiger partial charge in [0.2, 0.25) is 0 Å². The summed E-state index contributed by atoms with van der Waals surface area (Å²) < 4.78 is 14.6. The van der Waals surface area contributed by atoms with Crippen molar-refractivity contribution in [2.24, 2.45) is 5.92 Å². The van der Waals surface area contributed by atoms with E-state index in [1.807, 2.05) is 6.07 Å². The lowest BCUT2D eigenvalue weighted by molar-refractivity contribution is 0.310. The Hall–Kier alpha value is 0.0700. The number of hydrogen-bond acceptors (Lipinski definition) is 1. The molecule has 0 spiro atoms. The van der Waals surface area contributed by atoms with Gasteiger partial charge in [-0.3, -0.25) is 4.90 Å². The molecule has 0 bridgehead atoms. The number of alkyl halides is 1. The van der Waals surface area contributed by atoms with Crippen molar-refractivity contribution in [2.75, 3.05) is 18.4 Å². The number of likely N-dealkylation sites (tertiary alicyclic amines) is 1. The predicted octanol–water partition coefficient (Wildman–Crippen LogP) is 4.20. The van der Waals surface area contributed by atoms with E-state index in [9.17, 15) is 4.39 Å². The van der Waals surface area contributed by atoms with E-state index in [2.05, 4.69) is 36.8 Å². The van der Waals surface area contributed by atoms with Crippen molar-refractivity contribution in [1.82, 2.24) is 4.90 Å². The van der Waals surface area contributed by atoms with Crippen molar-refractivity contribution in [2.45, 2.75) is 19.4 Å². The van der Waals surface area contributed by atoms with Crippen molar-refractivity contribution in [3.05, 3.63) is 34.1 Å². The Morgan fingerprint density at radius 3 is 3.00 bits per heavy atom. The number of nitrogens with zero attached hydrogens (tertiary/aromatic N) is 1. The molecule has 0 saturated carbocycles. The standard InChI is InChI=1S/C13H16Br2FN/c14-5-3-10-4-6-17(8-10)9-11-7-12(15)1-2-13(11)16/h1-2,7,10H,3-6,8-9H2. The van der Waals surface area contributed by atoms with Gasteiger partial charge in [0, 0.05) is 28.5 Å². The van der Waals surface area contributed by atoms with Crippen LogP contribution in [0.15, 0.2) is 22.7 Å². The zero-order valence-electron chi connectivity index (χ0n) is 9.63. The second-order valence-corrected chi connectivity index (χ2v) is 6.31. The summed E-state index contributed by atoms with van der Waals surface area (Å²) >= 11 is 6.87. The van der Waals surface area contributed by atoms with E-state index in [1.54, 1.807) is 6.07 Å². The Kier molecular flexibility index (Phi) is 5.00. The third-order valence-corrected chi connectivity index (χ3v) is 4.24. The van der Waals surface area contributed by atoms with Gasteiger partial charge in [-0.2, -0.15) is 0 Å². The van der Waals surface area contributed by atoms with Crippen molar-refractivity contribution in [1.29, 1.82) is 0 Å². The van der Waals surface area contributed by atoms with Gasteiger partial charge in [0.1, 0.15) is 5.82 Å². The molecule has 1 fully saturated rings. The quantitative estimate of drug-likeness (QED) is 0.724. The number of rotatable bonds is 4. The minimum Gasteiger partial charge on any atom is -0.299 e. The molecule has 0 aromatic heterocycles. The molecule has 1 aliphatic rings. The van der Waals surface area contributed by atoms with Gasteiger partial charge < -0.3 is 0 Å². The molecule has 2 rings (SSSR count). The lowest BCUT2D eigenvalue weighted by Crippen LogP contribution is -2.20. The maximum Gasteiger partial charge on any atom is 0.127 e.